The van der Waals surface area contributed by atoms with Gasteiger partial charge in [0.15, 0.2) is 5.82 Å². The maximum absolute atomic E-state index is 11.9. The second kappa shape index (κ2) is 5.71. The lowest BCUT2D eigenvalue weighted by molar-refractivity contribution is 0.0892. The molecular formula is C8H9BrF2N4O. The number of nitrogens with two attached hydrogens (primary N) is 1. The van der Waals surface area contributed by atoms with Crippen molar-refractivity contribution in [3.05, 3.63) is 22.3 Å². The van der Waals surface area contributed by atoms with Gasteiger partial charge in [-0.1, -0.05) is 0 Å². The highest BCUT2D eigenvalue weighted by molar-refractivity contribution is 9.10. The highest BCUT2D eigenvalue weighted by Gasteiger charge is 2.14. The van der Waals surface area contributed by atoms with Crippen LogP contribution in [0.5, 0.6) is 0 Å². The van der Waals surface area contributed by atoms with Gasteiger partial charge >= 0.3 is 0 Å². The number of aromatic nitrogens is 1. The van der Waals surface area contributed by atoms with Gasteiger partial charge in [0, 0.05) is 10.7 Å². The zero-order chi connectivity index (χ0) is 12.1. The lowest BCUT2D eigenvalue weighted by Gasteiger charge is -2.08. The van der Waals surface area contributed by atoms with E-state index in [9.17, 15) is 13.6 Å². The Morgan fingerprint density at radius 3 is 2.88 bits per heavy atom. The number of anilines is 1. The second-order valence-corrected chi connectivity index (χ2v) is 3.71. The number of carbonyl (C=O) groups excluding carboxylic acids is 1. The summed E-state index contributed by atoms with van der Waals surface area (Å²) in [6.45, 7) is -0.713. The van der Waals surface area contributed by atoms with Crippen LogP contribution in [0.15, 0.2) is 16.7 Å². The zero-order valence-electron chi connectivity index (χ0n) is 8.01. The number of hydrazine groups is 1. The summed E-state index contributed by atoms with van der Waals surface area (Å²) in [7, 11) is 0. The third kappa shape index (κ3) is 3.38. The molecule has 0 bridgehead atoms. The van der Waals surface area contributed by atoms with E-state index < -0.39 is 18.9 Å². The van der Waals surface area contributed by atoms with Gasteiger partial charge in [-0.15, -0.1) is 0 Å². The van der Waals surface area contributed by atoms with Gasteiger partial charge in [0.2, 0.25) is 0 Å². The molecule has 1 aromatic heterocycles. The molecule has 88 valence electrons. The van der Waals surface area contributed by atoms with Crippen molar-refractivity contribution in [3.63, 3.8) is 0 Å². The van der Waals surface area contributed by atoms with E-state index in [1.165, 1.54) is 12.3 Å². The smallest absolute Gasteiger partial charge is 0.255 e. The molecule has 1 aromatic rings. The number of nitrogen functional groups attached to an aromatic ring is 1. The van der Waals surface area contributed by atoms with Crippen molar-refractivity contribution >= 4 is 27.7 Å². The van der Waals surface area contributed by atoms with Crippen LogP contribution in [0.3, 0.4) is 0 Å². The van der Waals surface area contributed by atoms with E-state index >= 15 is 0 Å². The molecule has 0 aliphatic carbocycles. The van der Waals surface area contributed by atoms with Crippen LogP contribution in [-0.2, 0) is 0 Å². The Morgan fingerprint density at radius 2 is 2.31 bits per heavy atom. The summed E-state index contributed by atoms with van der Waals surface area (Å²) in [4.78, 5) is 15.3. The summed E-state index contributed by atoms with van der Waals surface area (Å²) in [5.41, 5.74) is 2.31. The van der Waals surface area contributed by atoms with Gasteiger partial charge in [0.1, 0.15) is 0 Å². The fourth-order valence-electron chi connectivity index (χ4n) is 0.992. The third-order valence-electron chi connectivity index (χ3n) is 1.65. The number of halogens is 3. The molecule has 0 saturated carbocycles. The van der Waals surface area contributed by atoms with E-state index in [0.29, 0.717) is 4.47 Å². The summed E-state index contributed by atoms with van der Waals surface area (Å²) in [6.07, 6.45) is -1.17. The van der Waals surface area contributed by atoms with Gasteiger partial charge < -0.3 is 10.7 Å². The van der Waals surface area contributed by atoms with Gasteiger partial charge in [-0.05, 0) is 22.0 Å². The van der Waals surface area contributed by atoms with Crippen molar-refractivity contribution in [1.82, 2.24) is 10.3 Å². The zero-order valence-corrected chi connectivity index (χ0v) is 9.59. The van der Waals surface area contributed by atoms with Gasteiger partial charge in [-0.25, -0.2) is 19.6 Å². The normalized spacial score (nSPS) is 10.3. The first-order chi connectivity index (χ1) is 7.54. The Labute approximate surface area is 98.5 Å². The van der Waals surface area contributed by atoms with Crippen LogP contribution in [0.4, 0.5) is 14.6 Å². The van der Waals surface area contributed by atoms with Crippen molar-refractivity contribution in [2.24, 2.45) is 5.84 Å². The number of nitrogens with zero attached hydrogens (tertiary/aromatic N) is 1. The minimum Gasteiger partial charge on any atom is -0.346 e. The maximum atomic E-state index is 11.9. The molecule has 8 heteroatoms. The van der Waals surface area contributed by atoms with Crippen LogP contribution in [0.2, 0.25) is 0 Å². The molecule has 4 N–H and O–H groups in total. The summed E-state index contributed by atoms with van der Waals surface area (Å²) >= 11 is 3.11. The predicted molar refractivity (Wildman–Crippen MR) is 58.1 cm³/mol. The number of pyridine rings is 1. The highest BCUT2D eigenvalue weighted by atomic mass is 79.9. The lowest BCUT2D eigenvalue weighted by Crippen LogP contribution is -2.29. The average Bonchev–Trinajstić information content (AvgIpc) is 2.25. The molecule has 5 nitrogen and oxygen atoms in total. The molecule has 0 aromatic carbocycles. The Kier molecular flexibility index (Phi) is 4.56. The monoisotopic (exact) mass is 294 g/mol. The first-order valence-corrected chi connectivity index (χ1v) is 5.02. The van der Waals surface area contributed by atoms with E-state index in [1.54, 1.807) is 0 Å². The second-order valence-electron chi connectivity index (χ2n) is 2.80. The Hall–Kier alpha value is -1.28. The van der Waals surface area contributed by atoms with Gasteiger partial charge in [-0.2, -0.15) is 0 Å². The van der Waals surface area contributed by atoms with Gasteiger partial charge in [0.25, 0.3) is 12.3 Å². The fourth-order valence-corrected chi connectivity index (χ4v) is 1.32. The van der Waals surface area contributed by atoms with Crippen molar-refractivity contribution < 1.29 is 13.6 Å². The van der Waals surface area contributed by atoms with E-state index in [1.807, 2.05) is 0 Å². The molecular weight excluding hydrogens is 286 g/mol. The largest absolute Gasteiger partial charge is 0.346 e. The summed E-state index contributed by atoms with van der Waals surface area (Å²) < 4.78 is 24.3. The van der Waals surface area contributed by atoms with Crippen LogP contribution < -0.4 is 16.6 Å². The summed E-state index contributed by atoms with van der Waals surface area (Å²) in [5, 5.41) is 2.06. The minimum atomic E-state index is -2.60. The molecule has 0 aliphatic rings. The molecule has 1 rings (SSSR count). The molecule has 0 aliphatic heterocycles. The van der Waals surface area contributed by atoms with E-state index in [4.69, 9.17) is 5.84 Å². The van der Waals surface area contributed by atoms with Gasteiger partial charge in [0.05, 0.1) is 12.1 Å². The Morgan fingerprint density at radius 1 is 1.62 bits per heavy atom. The van der Waals surface area contributed by atoms with Crippen molar-refractivity contribution in [3.8, 4) is 0 Å². The number of amides is 1. The first-order valence-electron chi connectivity index (χ1n) is 4.23. The topological polar surface area (TPSA) is 80.0 Å². The molecule has 0 fully saturated rings. The quantitative estimate of drug-likeness (QED) is 0.574. The number of hydrogen-bond donors (Lipinski definition) is 3. The van der Waals surface area contributed by atoms with E-state index in [0.717, 1.165) is 0 Å². The van der Waals surface area contributed by atoms with Crippen molar-refractivity contribution in [2.75, 3.05) is 12.0 Å². The number of rotatable bonds is 4. The third-order valence-corrected chi connectivity index (χ3v) is 2.09. The van der Waals surface area contributed by atoms with Crippen LogP contribution in [-0.4, -0.2) is 23.9 Å². The van der Waals surface area contributed by atoms with E-state index in [-0.39, 0.29) is 11.4 Å². The molecule has 1 heterocycles. The van der Waals surface area contributed by atoms with E-state index in [2.05, 4.69) is 31.7 Å². The average molecular weight is 295 g/mol. The Balaban J connectivity index is 2.84. The molecule has 0 spiro atoms. The summed E-state index contributed by atoms with van der Waals surface area (Å²) in [5.74, 6) is 4.59. The number of alkyl halides is 2. The van der Waals surface area contributed by atoms with Crippen LogP contribution in [0.1, 0.15) is 10.4 Å². The predicted octanol–water partition coefficient (Wildman–Crippen LogP) is 1.12. The standard InChI is InChI=1S/C8H9BrF2N4O/c9-4-1-5(7(15-12)13-2-4)8(16)14-3-6(10)11/h1-2,6H,3,12H2,(H,13,15)(H,14,16). The van der Waals surface area contributed by atoms with Crippen molar-refractivity contribution in [1.29, 1.82) is 0 Å². The van der Waals surface area contributed by atoms with Crippen LogP contribution >= 0.6 is 15.9 Å². The molecule has 0 saturated heterocycles. The highest BCUT2D eigenvalue weighted by Crippen LogP contribution is 2.17. The number of carbonyl (C=O) groups is 1. The molecule has 0 radical (unpaired) electrons. The lowest BCUT2D eigenvalue weighted by atomic mass is 10.2. The van der Waals surface area contributed by atoms with Crippen LogP contribution in [0.25, 0.3) is 0 Å². The van der Waals surface area contributed by atoms with Gasteiger partial charge in [-0.3, -0.25) is 4.79 Å². The Bertz CT molecular complexity index is 388. The number of nitrogens with one attached hydrogen (secondary N) is 2. The molecule has 16 heavy (non-hydrogen) atoms. The van der Waals surface area contributed by atoms with Crippen LogP contribution in [0, 0.1) is 0 Å². The minimum absolute atomic E-state index is 0.0949. The SMILES string of the molecule is NNc1ncc(Br)cc1C(=O)NCC(F)F. The maximum Gasteiger partial charge on any atom is 0.255 e. The molecule has 0 unspecified atom stereocenters. The first kappa shape index (κ1) is 12.8. The van der Waals surface area contributed by atoms with Crippen molar-refractivity contribution in [2.45, 2.75) is 6.43 Å². The fraction of sp³-hybridized carbons (Fsp3) is 0.250. The molecule has 0 atom stereocenters. The summed E-state index contributed by atoms with van der Waals surface area (Å²) in [6, 6.07) is 1.43. The molecule has 1 amide bonds. The number of hydrogen-bond acceptors (Lipinski definition) is 4.